The van der Waals surface area contributed by atoms with Gasteiger partial charge in [-0.1, -0.05) is 210 Å². The molecular formula is C77H95NS3. The second-order valence-corrected chi connectivity index (χ2v) is 27.7. The number of hydrogen-bond donors (Lipinski definition) is 0. The molecule has 0 aliphatic heterocycles. The van der Waals surface area contributed by atoms with Crippen molar-refractivity contribution in [3.63, 3.8) is 0 Å². The van der Waals surface area contributed by atoms with Crippen molar-refractivity contribution in [2.45, 2.75) is 215 Å². The molecule has 3 aromatic heterocycles. The maximum atomic E-state index is 2.58. The van der Waals surface area contributed by atoms with Crippen molar-refractivity contribution in [3.05, 3.63) is 182 Å². The van der Waals surface area contributed by atoms with E-state index in [1.807, 2.05) is 34.0 Å². The highest BCUT2D eigenvalue weighted by Gasteiger charge is 2.43. The maximum absolute atomic E-state index is 2.58. The van der Waals surface area contributed by atoms with Gasteiger partial charge in [0.15, 0.2) is 0 Å². The van der Waals surface area contributed by atoms with Gasteiger partial charge in [-0.3, -0.25) is 0 Å². The summed E-state index contributed by atoms with van der Waals surface area (Å²) in [7, 11) is 0. The van der Waals surface area contributed by atoms with Crippen LogP contribution in [-0.4, -0.2) is 0 Å². The van der Waals surface area contributed by atoms with Crippen molar-refractivity contribution >= 4 is 70.6 Å². The van der Waals surface area contributed by atoms with Gasteiger partial charge in [0.05, 0.1) is 4.70 Å². The van der Waals surface area contributed by atoms with Crippen molar-refractivity contribution in [2.75, 3.05) is 4.90 Å². The largest absolute Gasteiger partial charge is 0.311 e. The van der Waals surface area contributed by atoms with Gasteiger partial charge >= 0.3 is 0 Å². The lowest BCUT2D eigenvalue weighted by molar-refractivity contribution is 0.401. The average Bonchev–Trinajstić information content (AvgIpc) is 3.90. The smallest absolute Gasteiger partial charge is 0.0532 e. The number of thiophene rings is 3. The molecule has 0 spiro atoms. The minimum Gasteiger partial charge on any atom is -0.311 e. The molecule has 1 unspecified atom stereocenters. The third-order valence-electron chi connectivity index (χ3n) is 17.9. The molecule has 1 aliphatic rings. The molecule has 0 saturated carbocycles. The summed E-state index contributed by atoms with van der Waals surface area (Å²) in [5.41, 5.74) is 21.2. The number of fused-ring (bicyclic) bond motifs is 6. The van der Waals surface area contributed by atoms with Crippen LogP contribution in [-0.2, 0) is 18.3 Å². The fourth-order valence-corrected chi connectivity index (χ4v) is 16.5. The molecule has 4 heteroatoms. The predicted molar refractivity (Wildman–Crippen MR) is 364 cm³/mol. The van der Waals surface area contributed by atoms with Crippen LogP contribution in [0.2, 0.25) is 0 Å². The zero-order chi connectivity index (χ0) is 56.9. The third-order valence-corrected chi connectivity index (χ3v) is 21.3. The van der Waals surface area contributed by atoms with E-state index in [2.05, 4.69) is 208 Å². The zero-order valence-electron chi connectivity index (χ0n) is 51.3. The van der Waals surface area contributed by atoms with E-state index in [1.165, 1.54) is 224 Å². The van der Waals surface area contributed by atoms with Crippen LogP contribution in [0, 0.1) is 27.7 Å². The number of rotatable bonds is 27. The lowest BCUT2D eigenvalue weighted by atomic mass is 9.70. The number of unbranched alkanes of at least 4 members (excludes halogenated alkanes) is 12. The summed E-state index contributed by atoms with van der Waals surface area (Å²) < 4.78 is 4.35. The fraction of sp³-hybridized carbons (Fsp3) is 0.429. The minimum absolute atomic E-state index is 0.135. The first-order valence-corrected chi connectivity index (χ1v) is 34.3. The van der Waals surface area contributed by atoms with E-state index >= 15 is 0 Å². The normalized spacial score (nSPS) is 12.9. The van der Waals surface area contributed by atoms with Gasteiger partial charge in [-0.15, -0.1) is 34.0 Å². The molecule has 0 amide bonds. The fourth-order valence-electron chi connectivity index (χ4n) is 12.9. The molecule has 3 heterocycles. The predicted octanol–water partition coefficient (Wildman–Crippen LogP) is 25.9. The highest BCUT2D eigenvalue weighted by atomic mass is 32.1. The molecular weight excluding hydrogens is 1040 g/mol. The summed E-state index contributed by atoms with van der Waals surface area (Å²) in [6.07, 6.45) is 27.2. The van der Waals surface area contributed by atoms with Crippen molar-refractivity contribution in [3.8, 4) is 32.7 Å². The Morgan fingerprint density at radius 1 is 0.432 bits per heavy atom. The first kappa shape index (κ1) is 60.3. The molecule has 426 valence electrons. The Balaban J connectivity index is 0.000000214. The Bertz CT molecular complexity index is 3400. The Kier molecular flexibility index (Phi) is 21.5. The van der Waals surface area contributed by atoms with Crippen LogP contribution in [0.25, 0.3) is 52.2 Å². The Morgan fingerprint density at radius 2 is 0.988 bits per heavy atom. The Hall–Kier alpha value is -5.26. The van der Waals surface area contributed by atoms with Gasteiger partial charge in [-0.05, 0) is 200 Å². The van der Waals surface area contributed by atoms with Crippen molar-refractivity contribution in [2.24, 2.45) is 0 Å². The molecule has 9 aromatic rings. The maximum Gasteiger partial charge on any atom is 0.0532 e. The van der Waals surface area contributed by atoms with Crippen molar-refractivity contribution in [1.82, 2.24) is 0 Å². The molecule has 81 heavy (non-hydrogen) atoms. The summed E-state index contributed by atoms with van der Waals surface area (Å²) in [6.45, 7) is 22.8. The minimum atomic E-state index is 0.135. The lowest BCUT2D eigenvalue weighted by Crippen LogP contribution is -2.25. The summed E-state index contributed by atoms with van der Waals surface area (Å²) in [4.78, 5) is 6.80. The van der Waals surface area contributed by atoms with Gasteiger partial charge in [0.25, 0.3) is 0 Å². The number of hydrogen-bond acceptors (Lipinski definition) is 4. The van der Waals surface area contributed by atoms with Crippen molar-refractivity contribution in [1.29, 1.82) is 0 Å². The first-order valence-electron chi connectivity index (χ1n) is 31.9. The Morgan fingerprint density at radius 3 is 1.60 bits per heavy atom. The van der Waals surface area contributed by atoms with Crippen LogP contribution in [0.15, 0.2) is 133 Å². The number of aryl methyl sites for hydroxylation is 6. The first-order chi connectivity index (χ1) is 39.5. The summed E-state index contributed by atoms with van der Waals surface area (Å²) >= 11 is 5.91. The second-order valence-electron chi connectivity index (χ2n) is 24.1. The summed E-state index contributed by atoms with van der Waals surface area (Å²) in [6, 6.07) is 52.0. The van der Waals surface area contributed by atoms with Crippen LogP contribution >= 0.6 is 34.0 Å². The number of anilines is 3. The van der Waals surface area contributed by atoms with E-state index in [-0.39, 0.29) is 5.41 Å². The van der Waals surface area contributed by atoms with E-state index in [0.29, 0.717) is 5.92 Å². The van der Waals surface area contributed by atoms with E-state index in [1.54, 1.807) is 22.3 Å². The average molecular weight is 1130 g/mol. The molecule has 1 aliphatic carbocycles. The molecule has 6 aromatic carbocycles. The van der Waals surface area contributed by atoms with E-state index in [4.69, 9.17) is 0 Å². The van der Waals surface area contributed by atoms with E-state index in [9.17, 15) is 0 Å². The molecule has 0 fully saturated rings. The van der Waals surface area contributed by atoms with Crippen LogP contribution in [0.5, 0.6) is 0 Å². The molecule has 1 atom stereocenters. The number of benzene rings is 6. The van der Waals surface area contributed by atoms with Gasteiger partial charge in [0, 0.05) is 51.9 Å². The summed E-state index contributed by atoms with van der Waals surface area (Å²) in [5, 5.41) is 1.43. The van der Waals surface area contributed by atoms with Crippen LogP contribution < -0.4 is 4.90 Å². The van der Waals surface area contributed by atoms with Crippen LogP contribution in [0.3, 0.4) is 0 Å². The second kappa shape index (κ2) is 28.8. The highest BCUT2D eigenvalue weighted by Crippen LogP contribution is 2.58. The van der Waals surface area contributed by atoms with Gasteiger partial charge in [-0.2, -0.15) is 0 Å². The number of nitrogens with zero attached hydrogens (tertiary/aromatic N) is 1. The SMILES string of the molecule is CCCCCCC1(CCCCCC)c2cc(-c3ccc(N(c4ccc(C)cc4)c4ccc(C(C)CC)cc4)cc3)ccc2-c2sc(C)cc21.CCCCCCc1cc(-c2ccc3c(c2)sc2cc(C)sc23)c(CCCCCC)cc1C. The van der Waals surface area contributed by atoms with Gasteiger partial charge in [0.2, 0.25) is 0 Å². The van der Waals surface area contributed by atoms with E-state index in [0.717, 1.165) is 6.42 Å². The van der Waals surface area contributed by atoms with Gasteiger partial charge in [-0.25, -0.2) is 0 Å². The standard InChI is InChI=1S/C47H57NS.C30H38S2/c1-7-10-12-14-30-47(31-15-13-11-8-2)44-33-39(22-29-43(44)46-45(47)32-36(6)49-46)38-20-27-42(28-21-38)48(40-23-16-34(4)17-24-40)41-25-18-37(19-26-41)35(5)9-3;1-5-7-9-11-13-23-19-27(24(17-21(23)3)14-12-10-8-6-2)25-15-16-26-28(20-25)32-29-18-22(4)31-30(26)29/h16-29,32-33,35H,7-15,30-31H2,1-6H3;15-20H,5-14H2,1-4H3. The van der Waals surface area contributed by atoms with Crippen molar-refractivity contribution < 1.29 is 0 Å². The Labute approximate surface area is 502 Å². The topological polar surface area (TPSA) is 3.24 Å². The highest BCUT2D eigenvalue weighted by molar-refractivity contribution is 7.32. The van der Waals surface area contributed by atoms with E-state index < -0.39 is 0 Å². The molecule has 0 N–H and O–H groups in total. The molecule has 10 rings (SSSR count). The lowest BCUT2D eigenvalue weighted by Gasteiger charge is -2.32. The molecule has 0 radical (unpaired) electrons. The molecule has 1 nitrogen and oxygen atoms in total. The quantitative estimate of drug-likeness (QED) is 0.0464. The monoisotopic (exact) mass is 1130 g/mol. The molecule has 0 bridgehead atoms. The van der Waals surface area contributed by atoms with Crippen LogP contribution in [0.4, 0.5) is 17.1 Å². The molecule has 0 saturated heterocycles. The van der Waals surface area contributed by atoms with Gasteiger partial charge < -0.3 is 4.90 Å². The van der Waals surface area contributed by atoms with Gasteiger partial charge in [0.1, 0.15) is 0 Å². The summed E-state index contributed by atoms with van der Waals surface area (Å²) in [5.74, 6) is 0.565. The zero-order valence-corrected chi connectivity index (χ0v) is 53.7. The van der Waals surface area contributed by atoms with Crippen LogP contribution in [0.1, 0.15) is 218 Å². The third kappa shape index (κ3) is 14.2.